The summed E-state index contributed by atoms with van der Waals surface area (Å²) in [6.07, 6.45) is 0.664. The Morgan fingerprint density at radius 3 is 2.46 bits per heavy atom. The maximum Gasteiger partial charge on any atom is 0.196 e. The molecule has 0 aliphatic carbocycles. The SMILES string of the molecule is CC(=O)CSc1nnc(Cc2ccccc2)n1-c1ccc(Cl)cc1. The molecule has 1 heterocycles. The van der Waals surface area contributed by atoms with Gasteiger partial charge in [-0.1, -0.05) is 53.7 Å². The summed E-state index contributed by atoms with van der Waals surface area (Å²) in [4.78, 5) is 11.3. The van der Waals surface area contributed by atoms with Gasteiger partial charge in [-0.2, -0.15) is 0 Å². The van der Waals surface area contributed by atoms with Crippen LogP contribution in [0.15, 0.2) is 59.8 Å². The molecule has 24 heavy (non-hydrogen) atoms. The summed E-state index contributed by atoms with van der Waals surface area (Å²) < 4.78 is 1.98. The van der Waals surface area contributed by atoms with Crippen molar-refractivity contribution >= 4 is 29.1 Å². The minimum atomic E-state index is 0.107. The van der Waals surface area contributed by atoms with E-state index >= 15 is 0 Å². The van der Waals surface area contributed by atoms with E-state index < -0.39 is 0 Å². The Balaban J connectivity index is 1.98. The number of carbonyl (C=O) groups excluding carboxylic acids is 1. The molecule has 122 valence electrons. The maximum atomic E-state index is 11.3. The lowest BCUT2D eigenvalue weighted by atomic mass is 10.1. The minimum absolute atomic E-state index is 0.107. The molecule has 0 saturated carbocycles. The summed E-state index contributed by atoms with van der Waals surface area (Å²) in [7, 11) is 0. The molecule has 0 aliphatic rings. The molecule has 3 rings (SSSR count). The first-order valence-electron chi connectivity index (χ1n) is 7.50. The number of thioether (sulfide) groups is 1. The molecule has 0 aliphatic heterocycles. The number of aromatic nitrogens is 3. The van der Waals surface area contributed by atoms with Gasteiger partial charge in [0.2, 0.25) is 0 Å². The molecule has 2 aromatic carbocycles. The van der Waals surface area contributed by atoms with Gasteiger partial charge in [-0.05, 0) is 36.8 Å². The van der Waals surface area contributed by atoms with Gasteiger partial charge in [0.25, 0.3) is 0 Å². The molecule has 0 fully saturated rings. The van der Waals surface area contributed by atoms with Crippen LogP contribution in [0.3, 0.4) is 0 Å². The van der Waals surface area contributed by atoms with Crippen molar-refractivity contribution in [3.8, 4) is 5.69 Å². The number of Topliss-reactive ketones (excluding diaryl/α,β-unsaturated/α-hetero) is 1. The fourth-order valence-electron chi connectivity index (χ4n) is 2.30. The molecule has 4 nitrogen and oxygen atoms in total. The first-order chi connectivity index (χ1) is 11.6. The summed E-state index contributed by atoms with van der Waals surface area (Å²) in [6, 6.07) is 17.6. The molecule has 0 bridgehead atoms. The van der Waals surface area contributed by atoms with Crippen molar-refractivity contribution in [2.45, 2.75) is 18.5 Å². The van der Waals surface area contributed by atoms with Gasteiger partial charge in [-0.15, -0.1) is 10.2 Å². The van der Waals surface area contributed by atoms with Crippen molar-refractivity contribution in [3.05, 3.63) is 71.0 Å². The van der Waals surface area contributed by atoms with Gasteiger partial charge in [0.15, 0.2) is 5.16 Å². The van der Waals surface area contributed by atoms with Crippen LogP contribution in [0, 0.1) is 0 Å². The van der Waals surface area contributed by atoms with E-state index in [1.807, 2.05) is 47.0 Å². The van der Waals surface area contributed by atoms with Crippen molar-refractivity contribution in [2.24, 2.45) is 0 Å². The zero-order valence-electron chi connectivity index (χ0n) is 13.1. The summed E-state index contributed by atoms with van der Waals surface area (Å²) in [5.74, 6) is 1.31. The molecule has 0 atom stereocenters. The monoisotopic (exact) mass is 357 g/mol. The Hall–Kier alpha value is -2.11. The van der Waals surface area contributed by atoms with Gasteiger partial charge in [0.1, 0.15) is 11.6 Å². The Bertz CT molecular complexity index is 831. The first kappa shape index (κ1) is 16.7. The molecule has 0 saturated heterocycles. The molecule has 3 aromatic rings. The standard InChI is InChI=1S/C18H16ClN3OS/c1-13(23)12-24-18-21-20-17(11-14-5-3-2-4-6-14)22(18)16-9-7-15(19)8-10-16/h2-10H,11-12H2,1H3. The molecule has 0 N–H and O–H groups in total. The number of hydrogen-bond acceptors (Lipinski definition) is 4. The Morgan fingerprint density at radius 2 is 1.79 bits per heavy atom. The summed E-state index contributed by atoms with van der Waals surface area (Å²) in [5.41, 5.74) is 2.09. The minimum Gasteiger partial charge on any atom is -0.299 e. The average molecular weight is 358 g/mol. The highest BCUT2D eigenvalue weighted by atomic mass is 35.5. The highest BCUT2D eigenvalue weighted by molar-refractivity contribution is 7.99. The van der Waals surface area contributed by atoms with Crippen LogP contribution in [0.25, 0.3) is 5.69 Å². The van der Waals surface area contributed by atoms with Crippen molar-refractivity contribution in [1.29, 1.82) is 0 Å². The van der Waals surface area contributed by atoms with Crippen molar-refractivity contribution in [1.82, 2.24) is 14.8 Å². The fraction of sp³-hybridized carbons (Fsp3) is 0.167. The highest BCUT2D eigenvalue weighted by Crippen LogP contribution is 2.24. The Labute approximate surface area is 149 Å². The van der Waals surface area contributed by atoms with Crippen LogP contribution in [0.5, 0.6) is 0 Å². The maximum absolute atomic E-state index is 11.3. The van der Waals surface area contributed by atoms with Crippen molar-refractivity contribution in [3.63, 3.8) is 0 Å². The van der Waals surface area contributed by atoms with E-state index in [4.69, 9.17) is 11.6 Å². The van der Waals surface area contributed by atoms with Crippen LogP contribution < -0.4 is 0 Å². The van der Waals surface area contributed by atoms with E-state index in [2.05, 4.69) is 22.3 Å². The van der Waals surface area contributed by atoms with E-state index in [1.165, 1.54) is 11.8 Å². The molecule has 0 spiro atoms. The molecule has 1 aromatic heterocycles. The van der Waals surface area contributed by atoms with Gasteiger partial charge in [-0.25, -0.2) is 0 Å². The van der Waals surface area contributed by atoms with Gasteiger partial charge in [-0.3, -0.25) is 9.36 Å². The van der Waals surface area contributed by atoms with E-state index in [9.17, 15) is 4.79 Å². The Kier molecular flexibility index (Phi) is 5.33. The third-order valence-electron chi connectivity index (χ3n) is 3.39. The van der Waals surface area contributed by atoms with Gasteiger partial charge >= 0.3 is 0 Å². The molecular weight excluding hydrogens is 342 g/mol. The smallest absolute Gasteiger partial charge is 0.196 e. The number of ketones is 1. The summed E-state index contributed by atoms with van der Waals surface area (Å²) in [5, 5.41) is 9.99. The van der Waals surface area contributed by atoms with E-state index in [0.717, 1.165) is 17.1 Å². The van der Waals surface area contributed by atoms with E-state index in [-0.39, 0.29) is 5.78 Å². The lowest BCUT2D eigenvalue weighted by Gasteiger charge is -2.10. The van der Waals surface area contributed by atoms with Crippen molar-refractivity contribution < 1.29 is 4.79 Å². The lowest BCUT2D eigenvalue weighted by molar-refractivity contribution is -0.114. The molecule has 0 radical (unpaired) electrons. The zero-order chi connectivity index (χ0) is 16.9. The summed E-state index contributed by atoms with van der Waals surface area (Å²) >= 11 is 7.39. The molecule has 0 unspecified atom stereocenters. The van der Waals surface area contributed by atoms with Crippen LogP contribution in [0.1, 0.15) is 18.3 Å². The number of carbonyl (C=O) groups is 1. The number of halogens is 1. The predicted octanol–water partition coefficient (Wildman–Crippen LogP) is 4.19. The average Bonchev–Trinajstić information content (AvgIpc) is 2.97. The third-order valence-corrected chi connectivity index (χ3v) is 4.72. The van der Waals surface area contributed by atoms with Gasteiger partial charge in [0, 0.05) is 17.1 Å². The fourth-order valence-corrected chi connectivity index (χ4v) is 3.20. The van der Waals surface area contributed by atoms with E-state index in [0.29, 0.717) is 22.4 Å². The van der Waals surface area contributed by atoms with Gasteiger partial charge < -0.3 is 0 Å². The quantitative estimate of drug-likeness (QED) is 0.620. The van der Waals surface area contributed by atoms with E-state index in [1.54, 1.807) is 6.92 Å². The predicted molar refractivity (Wildman–Crippen MR) is 97.0 cm³/mol. The number of hydrogen-bond donors (Lipinski definition) is 0. The second kappa shape index (κ2) is 7.64. The first-order valence-corrected chi connectivity index (χ1v) is 8.86. The molecular formula is C18H16ClN3OS. The second-order valence-electron chi connectivity index (χ2n) is 5.36. The lowest BCUT2D eigenvalue weighted by Crippen LogP contribution is -2.05. The zero-order valence-corrected chi connectivity index (χ0v) is 14.7. The van der Waals surface area contributed by atoms with Crippen molar-refractivity contribution in [2.75, 3.05) is 5.75 Å². The van der Waals surface area contributed by atoms with Crippen LogP contribution in [0.2, 0.25) is 5.02 Å². The number of benzene rings is 2. The van der Waals surface area contributed by atoms with Gasteiger partial charge in [0.05, 0.1) is 5.75 Å². The normalized spacial score (nSPS) is 10.8. The second-order valence-corrected chi connectivity index (χ2v) is 6.74. The molecule has 0 amide bonds. The van der Waals surface area contributed by atoms with Crippen LogP contribution >= 0.6 is 23.4 Å². The highest BCUT2D eigenvalue weighted by Gasteiger charge is 2.15. The topological polar surface area (TPSA) is 47.8 Å². The van der Waals surface area contributed by atoms with Crippen LogP contribution in [0.4, 0.5) is 0 Å². The number of nitrogens with zero attached hydrogens (tertiary/aromatic N) is 3. The Morgan fingerprint density at radius 1 is 1.08 bits per heavy atom. The molecule has 6 heteroatoms. The van der Waals surface area contributed by atoms with Crippen LogP contribution in [-0.4, -0.2) is 26.3 Å². The number of rotatable bonds is 6. The largest absolute Gasteiger partial charge is 0.299 e. The van der Waals surface area contributed by atoms with Crippen LogP contribution in [-0.2, 0) is 11.2 Å². The summed E-state index contributed by atoms with van der Waals surface area (Å²) in [6.45, 7) is 1.57. The third kappa shape index (κ3) is 4.04.